The average Bonchev–Trinajstić information content (AvgIpc) is 2.89. The van der Waals surface area contributed by atoms with Crippen molar-refractivity contribution >= 4 is 22.4 Å². The molecule has 1 saturated carbocycles. The molecular weight excluding hydrogens is 282 g/mol. The summed E-state index contributed by atoms with van der Waals surface area (Å²) in [5.41, 5.74) is 1.19. The van der Waals surface area contributed by atoms with E-state index in [1.807, 2.05) is 0 Å². The van der Waals surface area contributed by atoms with Crippen LogP contribution in [0.5, 0.6) is 0 Å². The number of nitrogens with one attached hydrogen (secondary N) is 1. The summed E-state index contributed by atoms with van der Waals surface area (Å²) < 4.78 is 0. The maximum absolute atomic E-state index is 12.2. The maximum atomic E-state index is 12.2. The van der Waals surface area contributed by atoms with E-state index in [1.165, 1.54) is 42.7 Å². The fourth-order valence-corrected chi connectivity index (χ4v) is 4.46. The lowest BCUT2D eigenvalue weighted by atomic mass is 9.87. The van der Waals surface area contributed by atoms with Crippen LogP contribution in [0.15, 0.2) is 0 Å². The van der Waals surface area contributed by atoms with Crippen molar-refractivity contribution in [3.63, 3.8) is 0 Å². The van der Waals surface area contributed by atoms with Gasteiger partial charge in [0.1, 0.15) is 0 Å². The van der Waals surface area contributed by atoms with E-state index in [1.54, 1.807) is 11.3 Å². The van der Waals surface area contributed by atoms with E-state index < -0.39 is 0 Å². The molecule has 2 aliphatic rings. The first-order chi connectivity index (χ1) is 10.2. The van der Waals surface area contributed by atoms with Gasteiger partial charge < -0.3 is 5.32 Å². The molecule has 4 nitrogen and oxygen atoms in total. The first-order valence-electron chi connectivity index (χ1n) is 8.25. The Morgan fingerprint density at radius 1 is 1.38 bits per heavy atom. The van der Waals surface area contributed by atoms with Crippen molar-refractivity contribution < 1.29 is 4.79 Å². The van der Waals surface area contributed by atoms with Gasteiger partial charge in [0.05, 0.1) is 5.69 Å². The number of amides is 1. The number of hydrogen-bond acceptors (Lipinski definition) is 4. The fraction of sp³-hybridized carbons (Fsp3) is 0.750. The molecule has 0 saturated heterocycles. The summed E-state index contributed by atoms with van der Waals surface area (Å²) in [6.45, 7) is 5.35. The molecule has 3 rings (SSSR count). The summed E-state index contributed by atoms with van der Waals surface area (Å²) in [6, 6.07) is 0. The fourth-order valence-electron chi connectivity index (χ4n) is 3.40. The molecule has 116 valence electrons. The topological polar surface area (TPSA) is 45.2 Å². The molecular formula is C16H25N3OS. The number of hydrogen-bond donors (Lipinski definition) is 1. The molecule has 1 aliphatic carbocycles. The smallest absolute Gasteiger partial charge is 0.226 e. The van der Waals surface area contributed by atoms with Gasteiger partial charge >= 0.3 is 0 Å². The SMILES string of the molecule is CCN1CCc2nc(NC(=O)CC3CCCCC3)sc2C1. The van der Waals surface area contributed by atoms with Gasteiger partial charge in [0.2, 0.25) is 5.91 Å². The zero-order valence-electron chi connectivity index (χ0n) is 12.9. The highest BCUT2D eigenvalue weighted by molar-refractivity contribution is 7.15. The number of anilines is 1. The molecule has 0 atom stereocenters. The second-order valence-electron chi connectivity index (χ2n) is 6.26. The van der Waals surface area contributed by atoms with Crippen molar-refractivity contribution in [1.82, 2.24) is 9.88 Å². The van der Waals surface area contributed by atoms with E-state index in [0.717, 1.165) is 31.2 Å². The number of aromatic nitrogens is 1. The Labute approximate surface area is 130 Å². The lowest BCUT2D eigenvalue weighted by Gasteiger charge is -2.23. The van der Waals surface area contributed by atoms with Gasteiger partial charge in [-0.25, -0.2) is 4.98 Å². The predicted molar refractivity (Wildman–Crippen MR) is 86.6 cm³/mol. The first-order valence-corrected chi connectivity index (χ1v) is 9.07. The number of likely N-dealkylation sites (N-methyl/N-ethyl adjacent to an activating group) is 1. The predicted octanol–water partition coefficient (Wildman–Crippen LogP) is 3.43. The summed E-state index contributed by atoms with van der Waals surface area (Å²) in [7, 11) is 0. The van der Waals surface area contributed by atoms with Crippen molar-refractivity contribution in [2.24, 2.45) is 5.92 Å². The zero-order chi connectivity index (χ0) is 14.7. The summed E-state index contributed by atoms with van der Waals surface area (Å²) in [6.07, 6.45) is 8.03. The molecule has 0 aromatic carbocycles. The van der Waals surface area contributed by atoms with Gasteiger partial charge in [0.25, 0.3) is 0 Å². The van der Waals surface area contributed by atoms with Gasteiger partial charge in [-0.15, -0.1) is 11.3 Å². The van der Waals surface area contributed by atoms with Crippen LogP contribution < -0.4 is 5.32 Å². The average molecular weight is 307 g/mol. The Morgan fingerprint density at radius 2 is 2.19 bits per heavy atom. The molecule has 0 radical (unpaired) electrons. The Morgan fingerprint density at radius 3 is 2.95 bits per heavy atom. The number of thiazole rings is 1. The van der Waals surface area contributed by atoms with Gasteiger partial charge in [0, 0.05) is 30.8 Å². The van der Waals surface area contributed by atoms with Gasteiger partial charge in [-0.3, -0.25) is 9.69 Å². The Kier molecular flexibility index (Phi) is 4.91. The van der Waals surface area contributed by atoms with Crippen molar-refractivity contribution in [2.75, 3.05) is 18.4 Å². The molecule has 1 aromatic heterocycles. The van der Waals surface area contributed by atoms with Crippen molar-refractivity contribution in [2.45, 2.75) is 58.4 Å². The van der Waals surface area contributed by atoms with E-state index in [9.17, 15) is 4.79 Å². The maximum Gasteiger partial charge on any atom is 0.226 e. The van der Waals surface area contributed by atoms with Crippen LogP contribution in [0, 0.1) is 5.92 Å². The van der Waals surface area contributed by atoms with Crippen LogP contribution in [0.4, 0.5) is 5.13 Å². The second-order valence-corrected chi connectivity index (χ2v) is 7.35. The second kappa shape index (κ2) is 6.88. The third-order valence-electron chi connectivity index (χ3n) is 4.70. The first kappa shape index (κ1) is 15.0. The summed E-state index contributed by atoms with van der Waals surface area (Å²) >= 11 is 1.66. The van der Waals surface area contributed by atoms with Gasteiger partial charge in [-0.2, -0.15) is 0 Å². The summed E-state index contributed by atoms with van der Waals surface area (Å²) in [5, 5.41) is 3.83. The van der Waals surface area contributed by atoms with Crippen molar-refractivity contribution in [3.8, 4) is 0 Å². The third-order valence-corrected chi connectivity index (χ3v) is 5.70. The van der Waals surface area contributed by atoms with Crippen LogP contribution in [0.3, 0.4) is 0 Å². The molecule has 2 heterocycles. The Balaban J connectivity index is 1.55. The molecule has 0 bridgehead atoms. The van der Waals surface area contributed by atoms with E-state index >= 15 is 0 Å². The van der Waals surface area contributed by atoms with E-state index in [-0.39, 0.29) is 5.91 Å². The van der Waals surface area contributed by atoms with Gasteiger partial charge in [0.15, 0.2) is 5.13 Å². The van der Waals surface area contributed by atoms with Gasteiger partial charge in [-0.05, 0) is 25.3 Å². The molecule has 1 N–H and O–H groups in total. The van der Waals surface area contributed by atoms with Crippen LogP contribution in [0.2, 0.25) is 0 Å². The standard InChI is InChI=1S/C16H25N3OS/c1-2-19-9-8-13-14(11-19)21-16(17-13)18-15(20)10-12-6-4-3-5-7-12/h12H,2-11H2,1H3,(H,17,18,20). The van der Waals surface area contributed by atoms with E-state index in [4.69, 9.17) is 0 Å². The lowest BCUT2D eigenvalue weighted by Crippen LogP contribution is -2.29. The highest BCUT2D eigenvalue weighted by Crippen LogP contribution is 2.30. The lowest BCUT2D eigenvalue weighted by molar-refractivity contribution is -0.117. The number of nitrogens with zero attached hydrogens (tertiary/aromatic N) is 2. The van der Waals surface area contributed by atoms with E-state index in [0.29, 0.717) is 12.3 Å². The molecule has 1 aliphatic heterocycles. The van der Waals surface area contributed by atoms with E-state index in [2.05, 4.69) is 22.1 Å². The largest absolute Gasteiger partial charge is 0.302 e. The highest BCUT2D eigenvalue weighted by atomic mass is 32.1. The normalized spacial score (nSPS) is 20.2. The molecule has 5 heteroatoms. The van der Waals surface area contributed by atoms with Crippen LogP contribution in [-0.2, 0) is 17.8 Å². The van der Waals surface area contributed by atoms with Crippen molar-refractivity contribution in [3.05, 3.63) is 10.6 Å². The van der Waals surface area contributed by atoms with Crippen molar-refractivity contribution in [1.29, 1.82) is 0 Å². The number of fused-ring (bicyclic) bond motifs is 1. The van der Waals surface area contributed by atoms with Gasteiger partial charge in [-0.1, -0.05) is 26.2 Å². The Hall–Kier alpha value is -0.940. The molecule has 0 unspecified atom stereocenters. The molecule has 1 amide bonds. The zero-order valence-corrected chi connectivity index (χ0v) is 13.7. The minimum Gasteiger partial charge on any atom is -0.302 e. The van der Waals surface area contributed by atoms with Crippen LogP contribution in [0.25, 0.3) is 0 Å². The van der Waals surface area contributed by atoms with Crippen LogP contribution in [-0.4, -0.2) is 28.9 Å². The Bertz CT molecular complexity index is 494. The van der Waals surface area contributed by atoms with Crippen LogP contribution in [0.1, 0.15) is 56.0 Å². The summed E-state index contributed by atoms with van der Waals surface area (Å²) in [5.74, 6) is 0.740. The molecule has 21 heavy (non-hydrogen) atoms. The monoisotopic (exact) mass is 307 g/mol. The molecule has 1 aromatic rings. The summed E-state index contributed by atoms with van der Waals surface area (Å²) in [4.78, 5) is 20.5. The number of carbonyl (C=O) groups excluding carboxylic acids is 1. The quantitative estimate of drug-likeness (QED) is 0.927. The number of carbonyl (C=O) groups is 1. The third kappa shape index (κ3) is 3.83. The molecule has 1 fully saturated rings. The van der Waals surface area contributed by atoms with Crippen LogP contribution >= 0.6 is 11.3 Å². The highest BCUT2D eigenvalue weighted by Gasteiger charge is 2.21. The molecule has 0 spiro atoms. The minimum atomic E-state index is 0.153. The number of rotatable bonds is 4. The minimum absolute atomic E-state index is 0.153.